The van der Waals surface area contributed by atoms with Gasteiger partial charge in [0.1, 0.15) is 0 Å². The van der Waals surface area contributed by atoms with Crippen LogP contribution < -0.4 is 11.1 Å². The maximum atomic E-state index is 11.5. The molecule has 4 N–H and O–H groups in total. The molecule has 1 aromatic rings. The molecule has 1 aromatic carbocycles. The highest BCUT2D eigenvalue weighted by molar-refractivity contribution is 6.01. The monoisotopic (exact) mass is 262 g/mol. The first kappa shape index (κ1) is 13.4. The fourth-order valence-corrected chi connectivity index (χ4v) is 2.55. The highest BCUT2D eigenvalue weighted by Crippen LogP contribution is 2.26. The topological polar surface area (TPSA) is 92.4 Å². The van der Waals surface area contributed by atoms with Crippen LogP contribution in [0.15, 0.2) is 12.1 Å². The van der Waals surface area contributed by atoms with E-state index in [0.717, 1.165) is 25.7 Å². The number of nitrogens with two attached hydrogens (primary N) is 1. The predicted octanol–water partition coefficient (Wildman–Crippen LogP) is 2.15. The smallest absolute Gasteiger partial charge is 0.336 e. The van der Waals surface area contributed by atoms with Gasteiger partial charge in [0.15, 0.2) is 0 Å². The maximum Gasteiger partial charge on any atom is 0.336 e. The minimum absolute atomic E-state index is 0.200. The van der Waals surface area contributed by atoms with Crippen LogP contribution in [0.2, 0.25) is 0 Å². The van der Waals surface area contributed by atoms with Crippen LogP contribution in [0, 0.1) is 6.92 Å². The Bertz CT molecular complexity index is 520. The van der Waals surface area contributed by atoms with Gasteiger partial charge < -0.3 is 16.2 Å². The summed E-state index contributed by atoms with van der Waals surface area (Å²) in [6.07, 6.45) is 4.38. The second kappa shape index (κ2) is 5.30. The fourth-order valence-electron chi connectivity index (χ4n) is 2.55. The molecule has 0 saturated heterocycles. The van der Waals surface area contributed by atoms with E-state index in [9.17, 15) is 9.59 Å². The lowest BCUT2D eigenvalue weighted by atomic mass is 10.0. The molecule has 0 radical (unpaired) electrons. The van der Waals surface area contributed by atoms with E-state index in [2.05, 4.69) is 5.32 Å². The summed E-state index contributed by atoms with van der Waals surface area (Å²) in [6.45, 7) is 1.66. The van der Waals surface area contributed by atoms with Crippen LogP contribution in [-0.4, -0.2) is 23.0 Å². The van der Waals surface area contributed by atoms with Crippen LogP contribution in [0.5, 0.6) is 0 Å². The van der Waals surface area contributed by atoms with Crippen molar-refractivity contribution in [2.45, 2.75) is 38.6 Å². The number of carbonyl (C=O) groups excluding carboxylic acids is 1. The number of nitrogens with one attached hydrogen (secondary N) is 1. The molecule has 102 valence electrons. The Hall–Kier alpha value is -2.04. The van der Waals surface area contributed by atoms with Crippen LogP contribution in [-0.2, 0) is 0 Å². The lowest BCUT2D eigenvalue weighted by Gasteiger charge is -2.17. The molecule has 1 saturated carbocycles. The Morgan fingerprint density at radius 1 is 1.26 bits per heavy atom. The summed E-state index contributed by atoms with van der Waals surface area (Å²) in [4.78, 5) is 22.6. The molecule has 1 amide bonds. The number of anilines is 1. The van der Waals surface area contributed by atoms with Gasteiger partial charge in [-0.3, -0.25) is 4.79 Å². The van der Waals surface area contributed by atoms with Gasteiger partial charge in [0.05, 0.1) is 11.1 Å². The first-order valence-corrected chi connectivity index (χ1v) is 6.43. The molecule has 0 heterocycles. The number of aromatic carboxylic acids is 1. The van der Waals surface area contributed by atoms with E-state index in [-0.39, 0.29) is 5.56 Å². The minimum atomic E-state index is -0.997. The Balaban J connectivity index is 2.39. The molecular weight excluding hydrogens is 244 g/mol. The molecule has 2 rings (SSSR count). The number of rotatable bonds is 4. The van der Waals surface area contributed by atoms with Crippen LogP contribution in [0.3, 0.4) is 0 Å². The first-order valence-electron chi connectivity index (χ1n) is 6.43. The third-order valence-corrected chi connectivity index (χ3v) is 3.58. The summed E-state index contributed by atoms with van der Waals surface area (Å²) >= 11 is 0. The molecule has 1 fully saturated rings. The molecule has 1 aliphatic carbocycles. The molecule has 0 unspecified atom stereocenters. The molecule has 1 aliphatic rings. The van der Waals surface area contributed by atoms with Crippen LogP contribution in [0.25, 0.3) is 0 Å². The first-order chi connectivity index (χ1) is 8.99. The number of primary amides is 1. The van der Waals surface area contributed by atoms with Gasteiger partial charge in [-0.25, -0.2) is 4.79 Å². The number of carbonyl (C=O) groups is 2. The van der Waals surface area contributed by atoms with Crippen molar-refractivity contribution in [1.82, 2.24) is 0 Å². The van der Waals surface area contributed by atoms with E-state index in [4.69, 9.17) is 10.8 Å². The zero-order valence-electron chi connectivity index (χ0n) is 10.9. The lowest BCUT2D eigenvalue weighted by molar-refractivity contribution is 0.0695. The minimum Gasteiger partial charge on any atom is -0.478 e. The number of amides is 1. The van der Waals surface area contributed by atoms with Gasteiger partial charge in [0.25, 0.3) is 5.91 Å². The van der Waals surface area contributed by atoms with Gasteiger partial charge in [-0.2, -0.15) is 0 Å². The summed E-state index contributed by atoms with van der Waals surface area (Å²) in [6, 6.07) is 3.35. The SMILES string of the molecule is Cc1cc(C(N)=O)c(NC2CCCC2)cc1C(=O)O. The molecule has 0 spiro atoms. The summed E-state index contributed by atoms with van der Waals surface area (Å²) in [5, 5.41) is 12.4. The van der Waals surface area contributed by atoms with Gasteiger partial charge in [0.2, 0.25) is 0 Å². The molecular formula is C14H18N2O3. The van der Waals surface area contributed by atoms with E-state index in [0.29, 0.717) is 22.9 Å². The van der Waals surface area contributed by atoms with Gasteiger partial charge in [-0.1, -0.05) is 12.8 Å². The Kier molecular flexibility index (Phi) is 3.74. The van der Waals surface area contributed by atoms with Crippen LogP contribution >= 0.6 is 0 Å². The average molecular weight is 262 g/mol. The highest BCUT2D eigenvalue weighted by atomic mass is 16.4. The van der Waals surface area contributed by atoms with Gasteiger partial charge in [0, 0.05) is 11.7 Å². The highest BCUT2D eigenvalue weighted by Gasteiger charge is 2.20. The predicted molar refractivity (Wildman–Crippen MR) is 72.5 cm³/mol. The van der Waals surface area contributed by atoms with Crippen molar-refractivity contribution >= 4 is 17.6 Å². The zero-order chi connectivity index (χ0) is 14.0. The van der Waals surface area contributed by atoms with E-state index in [1.807, 2.05) is 0 Å². The zero-order valence-corrected chi connectivity index (χ0v) is 10.9. The number of aryl methyl sites for hydroxylation is 1. The second-order valence-electron chi connectivity index (χ2n) is 5.01. The molecule has 0 aliphatic heterocycles. The Labute approximate surface area is 111 Å². The molecule has 0 bridgehead atoms. The van der Waals surface area contributed by atoms with Gasteiger partial charge >= 0.3 is 5.97 Å². The summed E-state index contributed by atoms with van der Waals surface area (Å²) < 4.78 is 0. The van der Waals surface area contributed by atoms with Crippen LogP contribution in [0.1, 0.15) is 52.0 Å². The Morgan fingerprint density at radius 2 is 1.89 bits per heavy atom. The van der Waals surface area contributed by atoms with Crippen molar-refractivity contribution in [3.8, 4) is 0 Å². The van der Waals surface area contributed by atoms with Crippen molar-refractivity contribution in [3.05, 3.63) is 28.8 Å². The summed E-state index contributed by atoms with van der Waals surface area (Å²) in [5.74, 6) is -1.54. The normalized spacial score (nSPS) is 15.4. The van der Waals surface area contributed by atoms with E-state index < -0.39 is 11.9 Å². The maximum absolute atomic E-state index is 11.5. The van der Waals surface area contributed by atoms with E-state index in [1.165, 1.54) is 6.07 Å². The molecule has 0 aromatic heterocycles. The molecule has 0 atom stereocenters. The standard InChI is InChI=1S/C14H18N2O3/c1-8-6-11(13(15)17)12(7-10(8)14(18)19)16-9-4-2-3-5-9/h6-7,9,16H,2-5H2,1H3,(H2,15,17)(H,18,19). The molecule has 5 heteroatoms. The van der Waals surface area contributed by atoms with Crippen molar-refractivity contribution in [1.29, 1.82) is 0 Å². The van der Waals surface area contributed by atoms with Crippen molar-refractivity contribution in [2.24, 2.45) is 5.73 Å². The molecule has 19 heavy (non-hydrogen) atoms. The second-order valence-corrected chi connectivity index (χ2v) is 5.01. The van der Waals surface area contributed by atoms with Crippen LogP contribution in [0.4, 0.5) is 5.69 Å². The van der Waals surface area contributed by atoms with Crippen molar-refractivity contribution < 1.29 is 14.7 Å². The largest absolute Gasteiger partial charge is 0.478 e. The lowest BCUT2D eigenvalue weighted by Crippen LogP contribution is -2.21. The number of carboxylic acids is 1. The third-order valence-electron chi connectivity index (χ3n) is 3.58. The van der Waals surface area contributed by atoms with Gasteiger partial charge in [-0.15, -0.1) is 0 Å². The Morgan fingerprint density at radius 3 is 2.42 bits per heavy atom. The van der Waals surface area contributed by atoms with E-state index >= 15 is 0 Å². The summed E-state index contributed by atoms with van der Waals surface area (Å²) in [5.41, 5.74) is 6.98. The van der Waals surface area contributed by atoms with E-state index in [1.54, 1.807) is 13.0 Å². The number of benzene rings is 1. The van der Waals surface area contributed by atoms with Crippen molar-refractivity contribution in [2.75, 3.05) is 5.32 Å². The number of hydrogen-bond acceptors (Lipinski definition) is 3. The third kappa shape index (κ3) is 2.86. The fraction of sp³-hybridized carbons (Fsp3) is 0.429. The van der Waals surface area contributed by atoms with Gasteiger partial charge in [-0.05, 0) is 37.5 Å². The van der Waals surface area contributed by atoms with Crippen molar-refractivity contribution in [3.63, 3.8) is 0 Å². The summed E-state index contributed by atoms with van der Waals surface area (Å²) in [7, 11) is 0. The average Bonchev–Trinajstić information content (AvgIpc) is 2.83. The quantitative estimate of drug-likeness (QED) is 0.775. The number of carboxylic acid groups (broad SMARTS) is 1. The number of hydrogen-bond donors (Lipinski definition) is 3. The molecule has 5 nitrogen and oxygen atoms in total.